The average Bonchev–Trinajstić information content (AvgIpc) is 3.02. The largest absolute Gasteiger partial charge is 0.489 e. The van der Waals surface area contributed by atoms with Crippen LogP contribution in [-0.2, 0) is 16.2 Å². The molecule has 1 aliphatic heterocycles. The second kappa shape index (κ2) is 8.91. The van der Waals surface area contributed by atoms with Gasteiger partial charge in [-0.25, -0.2) is 4.90 Å². The van der Waals surface area contributed by atoms with E-state index < -0.39 is 16.7 Å². The number of nitrogens with zero attached hydrogens (tertiary/aromatic N) is 2. The molecule has 0 bridgehead atoms. The summed E-state index contributed by atoms with van der Waals surface area (Å²) < 4.78 is 5.73. The smallest absolute Gasteiger partial charge is 0.283 e. The zero-order valence-corrected chi connectivity index (χ0v) is 17.3. The third-order valence-electron chi connectivity index (χ3n) is 4.70. The van der Waals surface area contributed by atoms with Crippen molar-refractivity contribution in [3.63, 3.8) is 0 Å². The van der Waals surface area contributed by atoms with Crippen LogP contribution in [0.2, 0.25) is 0 Å². The molecule has 3 aromatic carbocycles. The van der Waals surface area contributed by atoms with Gasteiger partial charge in [0.1, 0.15) is 23.1 Å². The summed E-state index contributed by atoms with van der Waals surface area (Å²) in [5.41, 5.74) is 1.26. The number of carbonyl (C=O) groups is 2. The number of ether oxygens (including phenoxy) is 1. The Morgan fingerprint density at radius 2 is 1.66 bits per heavy atom. The highest BCUT2D eigenvalue weighted by Crippen LogP contribution is 2.32. The molecule has 0 fully saturated rings. The minimum Gasteiger partial charge on any atom is -0.489 e. The van der Waals surface area contributed by atoms with Gasteiger partial charge in [0, 0.05) is 17.8 Å². The molecule has 1 aliphatic rings. The van der Waals surface area contributed by atoms with Crippen molar-refractivity contribution in [3.05, 3.63) is 105 Å². The zero-order valence-electron chi connectivity index (χ0n) is 16.5. The van der Waals surface area contributed by atoms with Crippen molar-refractivity contribution in [2.45, 2.75) is 6.61 Å². The van der Waals surface area contributed by atoms with Crippen LogP contribution in [0.25, 0.3) is 0 Å². The van der Waals surface area contributed by atoms with E-state index in [-0.39, 0.29) is 22.1 Å². The number of nitro groups is 1. The molecule has 8 nitrogen and oxygen atoms in total. The molecule has 0 atom stereocenters. The molecule has 3 aromatic rings. The van der Waals surface area contributed by atoms with Crippen LogP contribution in [0.3, 0.4) is 0 Å². The average molecular weight is 450 g/mol. The second-order valence-electron chi connectivity index (χ2n) is 6.84. The van der Waals surface area contributed by atoms with Gasteiger partial charge in [-0.15, -0.1) is 0 Å². The van der Waals surface area contributed by atoms with Crippen molar-refractivity contribution in [1.29, 1.82) is 0 Å². The number of carbonyl (C=O) groups excluding carboxylic acids is 2. The van der Waals surface area contributed by atoms with Crippen molar-refractivity contribution >= 4 is 40.5 Å². The van der Waals surface area contributed by atoms with Gasteiger partial charge in [0.25, 0.3) is 17.5 Å². The van der Waals surface area contributed by atoms with Gasteiger partial charge in [0.15, 0.2) is 0 Å². The number of rotatable bonds is 7. The van der Waals surface area contributed by atoms with Gasteiger partial charge in [-0.2, -0.15) is 0 Å². The molecule has 9 heteroatoms. The van der Waals surface area contributed by atoms with E-state index in [1.807, 2.05) is 30.3 Å². The molecular formula is C23H16ClN3O5. The zero-order chi connectivity index (χ0) is 22.7. The van der Waals surface area contributed by atoms with Crippen molar-refractivity contribution in [3.8, 4) is 5.75 Å². The van der Waals surface area contributed by atoms with Gasteiger partial charge in [0.05, 0.1) is 10.6 Å². The van der Waals surface area contributed by atoms with E-state index >= 15 is 0 Å². The molecule has 1 N–H and O–H groups in total. The number of non-ortho nitro benzene ring substituents is 1. The standard InChI is InChI=1S/C23H16ClN3O5/c24-20-21(23(29)26(22(20)28)17-7-4-8-18(13-17)27(30)31)25-16-9-11-19(12-10-16)32-14-15-5-2-1-3-6-15/h1-13,25H,14H2. The summed E-state index contributed by atoms with van der Waals surface area (Å²) >= 11 is 6.12. The number of amides is 2. The lowest BCUT2D eigenvalue weighted by molar-refractivity contribution is -0.384. The second-order valence-corrected chi connectivity index (χ2v) is 7.21. The van der Waals surface area contributed by atoms with E-state index in [2.05, 4.69) is 5.32 Å². The van der Waals surface area contributed by atoms with Crippen LogP contribution < -0.4 is 15.0 Å². The summed E-state index contributed by atoms with van der Waals surface area (Å²) in [5, 5.41) is 13.6. The van der Waals surface area contributed by atoms with Crippen LogP contribution in [0.4, 0.5) is 17.1 Å². The molecule has 0 radical (unpaired) electrons. The summed E-state index contributed by atoms with van der Waals surface area (Å²) in [6.07, 6.45) is 0. The Hall–Kier alpha value is -4.17. The summed E-state index contributed by atoms with van der Waals surface area (Å²) in [4.78, 5) is 36.6. The quantitative estimate of drug-likeness (QED) is 0.321. The Balaban J connectivity index is 1.47. The van der Waals surface area contributed by atoms with Crippen molar-refractivity contribution in [2.24, 2.45) is 0 Å². The molecular weight excluding hydrogens is 434 g/mol. The number of anilines is 2. The van der Waals surface area contributed by atoms with E-state index in [1.54, 1.807) is 24.3 Å². The first-order valence-corrected chi connectivity index (χ1v) is 9.88. The van der Waals surface area contributed by atoms with Gasteiger partial charge in [0.2, 0.25) is 0 Å². The number of hydrogen-bond donors (Lipinski definition) is 1. The fourth-order valence-electron chi connectivity index (χ4n) is 3.11. The van der Waals surface area contributed by atoms with Gasteiger partial charge < -0.3 is 10.1 Å². The minimum atomic E-state index is -0.762. The van der Waals surface area contributed by atoms with E-state index in [1.165, 1.54) is 18.2 Å². The Kier molecular flexibility index (Phi) is 5.87. The fourth-order valence-corrected chi connectivity index (χ4v) is 3.32. The lowest BCUT2D eigenvalue weighted by atomic mass is 10.2. The first-order valence-electron chi connectivity index (χ1n) is 9.51. The molecule has 0 unspecified atom stereocenters. The summed E-state index contributed by atoms with van der Waals surface area (Å²) in [7, 11) is 0. The third-order valence-corrected chi connectivity index (χ3v) is 5.05. The van der Waals surface area contributed by atoms with Crippen molar-refractivity contribution in [2.75, 3.05) is 10.2 Å². The van der Waals surface area contributed by atoms with Gasteiger partial charge in [-0.1, -0.05) is 48.0 Å². The van der Waals surface area contributed by atoms with E-state index in [0.29, 0.717) is 18.0 Å². The summed E-state index contributed by atoms with van der Waals surface area (Å²) in [6, 6.07) is 21.7. The molecule has 4 rings (SSSR count). The number of hydrogen-bond acceptors (Lipinski definition) is 6. The van der Waals surface area contributed by atoms with E-state index in [0.717, 1.165) is 16.5 Å². The van der Waals surface area contributed by atoms with Crippen LogP contribution in [-0.4, -0.2) is 16.7 Å². The highest BCUT2D eigenvalue weighted by atomic mass is 35.5. The molecule has 0 aromatic heterocycles. The first kappa shape index (κ1) is 21.1. The van der Waals surface area contributed by atoms with Gasteiger partial charge in [-0.05, 0) is 35.9 Å². The Morgan fingerprint density at radius 1 is 0.938 bits per heavy atom. The summed E-state index contributed by atoms with van der Waals surface area (Å²) in [6.45, 7) is 0.412. The Labute approximate surface area is 187 Å². The predicted octanol–water partition coefficient (Wildman–Crippen LogP) is 4.61. The molecule has 1 heterocycles. The third kappa shape index (κ3) is 4.30. The van der Waals surface area contributed by atoms with Crippen LogP contribution in [0.15, 0.2) is 89.6 Å². The normalized spacial score (nSPS) is 13.5. The molecule has 160 valence electrons. The highest BCUT2D eigenvalue weighted by Gasteiger charge is 2.39. The van der Waals surface area contributed by atoms with Crippen LogP contribution in [0.5, 0.6) is 5.75 Å². The lowest BCUT2D eigenvalue weighted by Crippen LogP contribution is -2.32. The number of nitro benzene ring substituents is 1. The molecule has 0 saturated carbocycles. The monoisotopic (exact) mass is 449 g/mol. The topological polar surface area (TPSA) is 102 Å². The van der Waals surface area contributed by atoms with Crippen molar-refractivity contribution < 1.29 is 19.2 Å². The number of nitrogens with one attached hydrogen (secondary N) is 1. The molecule has 0 aliphatic carbocycles. The first-order chi connectivity index (χ1) is 15.4. The highest BCUT2D eigenvalue weighted by molar-refractivity contribution is 6.53. The molecule has 32 heavy (non-hydrogen) atoms. The van der Waals surface area contributed by atoms with Gasteiger partial charge in [-0.3, -0.25) is 19.7 Å². The van der Waals surface area contributed by atoms with Crippen LogP contribution in [0, 0.1) is 10.1 Å². The maximum absolute atomic E-state index is 12.8. The van der Waals surface area contributed by atoms with Crippen LogP contribution >= 0.6 is 11.6 Å². The maximum atomic E-state index is 12.8. The Bertz CT molecular complexity index is 1230. The molecule has 0 spiro atoms. The van der Waals surface area contributed by atoms with Crippen LogP contribution in [0.1, 0.15) is 5.56 Å². The number of benzene rings is 3. The van der Waals surface area contributed by atoms with Gasteiger partial charge >= 0.3 is 0 Å². The predicted molar refractivity (Wildman–Crippen MR) is 119 cm³/mol. The number of halogens is 1. The number of imide groups is 1. The summed E-state index contributed by atoms with van der Waals surface area (Å²) in [5.74, 6) is -0.834. The SMILES string of the molecule is O=C1C(Cl)=C(Nc2ccc(OCc3ccccc3)cc2)C(=O)N1c1cccc([N+](=O)[O-])c1. The Morgan fingerprint density at radius 3 is 2.34 bits per heavy atom. The minimum absolute atomic E-state index is 0.0637. The lowest BCUT2D eigenvalue weighted by Gasteiger charge is -2.15. The van der Waals surface area contributed by atoms with E-state index in [4.69, 9.17) is 16.3 Å². The molecule has 2 amide bonds. The van der Waals surface area contributed by atoms with Crippen molar-refractivity contribution in [1.82, 2.24) is 0 Å². The fraction of sp³-hybridized carbons (Fsp3) is 0.0435. The maximum Gasteiger partial charge on any atom is 0.283 e. The van der Waals surface area contributed by atoms with E-state index in [9.17, 15) is 19.7 Å². The molecule has 0 saturated heterocycles.